The lowest BCUT2D eigenvalue weighted by molar-refractivity contribution is -0.139. The predicted molar refractivity (Wildman–Crippen MR) is 50.5 cm³/mol. The number of pyridine rings is 1. The summed E-state index contributed by atoms with van der Waals surface area (Å²) in [4.78, 5) is 13.8. The first-order chi connectivity index (χ1) is 6.91. The Hall–Kier alpha value is -1.63. The van der Waals surface area contributed by atoms with Crippen LogP contribution in [0.4, 0.5) is 0 Å². The van der Waals surface area contributed by atoms with E-state index in [1.165, 1.54) is 18.3 Å². The lowest BCUT2D eigenvalue weighted by atomic mass is 10.5. The number of aromatic nitrogens is 1. The van der Waals surface area contributed by atoms with Crippen LogP contribution in [-0.4, -0.2) is 37.3 Å². The fraction of sp³-hybridized carbons (Fsp3) is 0.250. The quantitative estimate of drug-likeness (QED) is 0.780. The summed E-state index contributed by atoms with van der Waals surface area (Å²) in [5, 5.41) is 8.37. The zero-order valence-corrected chi connectivity index (χ0v) is 8.69. The molecule has 0 saturated carbocycles. The maximum Gasteiger partial charge on any atom is 0.341 e. The second kappa shape index (κ2) is 4.26. The Kier molecular flexibility index (Phi) is 3.25. The highest BCUT2D eigenvalue weighted by Gasteiger charge is 2.15. The monoisotopic (exact) mass is 231 g/mol. The van der Waals surface area contributed by atoms with E-state index in [2.05, 4.69) is 4.98 Å². The van der Waals surface area contributed by atoms with Crippen LogP contribution in [0.1, 0.15) is 0 Å². The summed E-state index contributed by atoms with van der Waals surface area (Å²) in [6, 6.07) is 2.74. The molecule has 0 radical (unpaired) electrons. The van der Waals surface area contributed by atoms with Crippen LogP contribution >= 0.6 is 0 Å². The molecule has 0 unspecified atom stereocenters. The van der Waals surface area contributed by atoms with Crippen molar-refractivity contribution in [3.05, 3.63) is 18.3 Å². The maximum atomic E-state index is 11.2. The molecule has 0 aliphatic heterocycles. The highest BCUT2D eigenvalue weighted by atomic mass is 32.2. The molecular formula is C8H9NO5S. The minimum absolute atomic E-state index is 0.119. The van der Waals surface area contributed by atoms with Gasteiger partial charge in [0.2, 0.25) is 5.88 Å². The van der Waals surface area contributed by atoms with Crippen LogP contribution in [0.3, 0.4) is 0 Å². The Labute approximate surface area is 86.4 Å². The number of carboxylic acids is 1. The molecule has 82 valence electrons. The zero-order valence-electron chi connectivity index (χ0n) is 7.87. The molecule has 0 aliphatic rings. The van der Waals surface area contributed by atoms with Crippen molar-refractivity contribution in [2.75, 3.05) is 12.9 Å². The Balaban J connectivity index is 3.02. The van der Waals surface area contributed by atoms with Gasteiger partial charge in [0.15, 0.2) is 16.4 Å². The fourth-order valence-electron chi connectivity index (χ4n) is 0.897. The summed E-state index contributed by atoms with van der Waals surface area (Å²) in [5.74, 6) is -1.39. The third-order valence-electron chi connectivity index (χ3n) is 1.47. The molecule has 15 heavy (non-hydrogen) atoms. The van der Waals surface area contributed by atoms with Gasteiger partial charge in [0.05, 0.1) is 0 Å². The number of sulfone groups is 1. The summed E-state index contributed by atoms with van der Waals surface area (Å²) in [5.41, 5.74) is 0. The SMILES string of the molecule is CS(=O)(=O)c1cccnc1OCC(=O)O. The molecule has 0 fully saturated rings. The molecule has 0 amide bonds. The average molecular weight is 231 g/mol. The second-order valence-electron chi connectivity index (χ2n) is 2.76. The first-order valence-electron chi connectivity index (χ1n) is 3.91. The van der Waals surface area contributed by atoms with Crippen LogP contribution in [0, 0.1) is 0 Å². The second-order valence-corrected chi connectivity index (χ2v) is 4.75. The number of carboxylic acid groups (broad SMARTS) is 1. The van der Waals surface area contributed by atoms with Gasteiger partial charge in [0, 0.05) is 12.5 Å². The Morgan fingerprint density at radius 3 is 2.80 bits per heavy atom. The van der Waals surface area contributed by atoms with E-state index in [1.807, 2.05) is 0 Å². The Morgan fingerprint density at radius 1 is 1.60 bits per heavy atom. The lowest BCUT2D eigenvalue weighted by Gasteiger charge is -2.06. The molecule has 1 aromatic rings. The van der Waals surface area contributed by atoms with Crippen molar-refractivity contribution in [2.24, 2.45) is 0 Å². The molecule has 0 saturated heterocycles. The van der Waals surface area contributed by atoms with Crippen molar-refractivity contribution in [1.82, 2.24) is 4.98 Å². The van der Waals surface area contributed by atoms with Gasteiger partial charge in [-0.2, -0.15) is 0 Å². The summed E-state index contributed by atoms with van der Waals surface area (Å²) in [7, 11) is -3.46. The first-order valence-corrected chi connectivity index (χ1v) is 5.80. The number of carbonyl (C=O) groups is 1. The Morgan fingerprint density at radius 2 is 2.27 bits per heavy atom. The minimum Gasteiger partial charge on any atom is -0.479 e. The standard InChI is InChI=1S/C8H9NO5S/c1-15(12,13)6-3-2-4-9-8(6)14-5-7(10)11/h2-4H,5H2,1H3,(H,10,11). The first kappa shape index (κ1) is 11.4. The number of aliphatic carboxylic acids is 1. The number of hydrogen-bond acceptors (Lipinski definition) is 5. The number of rotatable bonds is 4. The lowest BCUT2D eigenvalue weighted by Crippen LogP contribution is -2.12. The fourth-order valence-corrected chi connectivity index (χ4v) is 1.65. The minimum atomic E-state index is -3.46. The topological polar surface area (TPSA) is 93.6 Å². The van der Waals surface area contributed by atoms with Crippen LogP contribution in [0.5, 0.6) is 5.88 Å². The van der Waals surface area contributed by atoms with Crippen molar-refractivity contribution in [3.8, 4) is 5.88 Å². The van der Waals surface area contributed by atoms with Gasteiger partial charge in [-0.25, -0.2) is 18.2 Å². The van der Waals surface area contributed by atoms with Gasteiger partial charge in [-0.15, -0.1) is 0 Å². The van der Waals surface area contributed by atoms with Gasteiger partial charge in [-0.1, -0.05) is 0 Å². The van der Waals surface area contributed by atoms with E-state index in [-0.39, 0.29) is 10.8 Å². The highest BCUT2D eigenvalue weighted by molar-refractivity contribution is 7.90. The van der Waals surface area contributed by atoms with Crippen molar-refractivity contribution < 1.29 is 23.1 Å². The van der Waals surface area contributed by atoms with E-state index in [0.29, 0.717) is 0 Å². The number of hydrogen-bond donors (Lipinski definition) is 1. The molecule has 0 aromatic carbocycles. The molecule has 1 heterocycles. The molecule has 0 spiro atoms. The molecule has 6 nitrogen and oxygen atoms in total. The van der Waals surface area contributed by atoms with Crippen LogP contribution < -0.4 is 4.74 Å². The van der Waals surface area contributed by atoms with E-state index < -0.39 is 22.4 Å². The highest BCUT2D eigenvalue weighted by Crippen LogP contribution is 2.19. The maximum absolute atomic E-state index is 11.2. The molecule has 1 aromatic heterocycles. The summed E-state index contributed by atoms with van der Waals surface area (Å²) >= 11 is 0. The van der Waals surface area contributed by atoms with E-state index in [4.69, 9.17) is 9.84 Å². The molecule has 0 aliphatic carbocycles. The molecule has 0 bridgehead atoms. The van der Waals surface area contributed by atoms with Crippen molar-refractivity contribution in [2.45, 2.75) is 4.90 Å². The van der Waals surface area contributed by atoms with E-state index >= 15 is 0 Å². The van der Waals surface area contributed by atoms with Crippen LogP contribution in [0.15, 0.2) is 23.2 Å². The summed E-state index contributed by atoms with van der Waals surface area (Å²) < 4.78 is 27.2. The van der Waals surface area contributed by atoms with Crippen LogP contribution in [0.2, 0.25) is 0 Å². The predicted octanol–water partition coefficient (Wildman–Crippen LogP) is -0.0515. The van der Waals surface area contributed by atoms with E-state index in [1.54, 1.807) is 0 Å². The van der Waals surface area contributed by atoms with Crippen molar-refractivity contribution in [1.29, 1.82) is 0 Å². The smallest absolute Gasteiger partial charge is 0.341 e. The largest absolute Gasteiger partial charge is 0.479 e. The molecule has 0 atom stereocenters. The number of ether oxygens (including phenoxy) is 1. The summed E-state index contributed by atoms with van der Waals surface area (Å²) in [6.45, 7) is -0.625. The Bertz CT molecular complexity index is 468. The van der Waals surface area contributed by atoms with Crippen molar-refractivity contribution in [3.63, 3.8) is 0 Å². The van der Waals surface area contributed by atoms with Gasteiger partial charge >= 0.3 is 5.97 Å². The van der Waals surface area contributed by atoms with Gasteiger partial charge < -0.3 is 9.84 Å². The van der Waals surface area contributed by atoms with E-state index in [0.717, 1.165) is 6.26 Å². The molecule has 1 N–H and O–H groups in total. The van der Waals surface area contributed by atoms with Gasteiger partial charge in [0.25, 0.3) is 0 Å². The van der Waals surface area contributed by atoms with Gasteiger partial charge in [-0.05, 0) is 12.1 Å². The van der Waals surface area contributed by atoms with Crippen molar-refractivity contribution >= 4 is 15.8 Å². The average Bonchev–Trinajstić information content (AvgIpc) is 2.13. The number of nitrogens with zero attached hydrogens (tertiary/aromatic N) is 1. The normalized spacial score (nSPS) is 11.0. The van der Waals surface area contributed by atoms with Crippen LogP contribution in [0.25, 0.3) is 0 Å². The molecule has 7 heteroatoms. The van der Waals surface area contributed by atoms with Gasteiger partial charge in [-0.3, -0.25) is 0 Å². The summed E-state index contributed by atoms with van der Waals surface area (Å²) in [6.07, 6.45) is 2.32. The molecular weight excluding hydrogens is 222 g/mol. The van der Waals surface area contributed by atoms with Gasteiger partial charge in [0.1, 0.15) is 4.90 Å². The van der Waals surface area contributed by atoms with E-state index in [9.17, 15) is 13.2 Å². The third kappa shape index (κ3) is 3.21. The molecule has 1 rings (SSSR count). The third-order valence-corrected chi connectivity index (χ3v) is 2.58. The zero-order chi connectivity index (χ0) is 11.5. The van der Waals surface area contributed by atoms with Crippen LogP contribution in [-0.2, 0) is 14.6 Å².